The van der Waals surface area contributed by atoms with Gasteiger partial charge in [0.1, 0.15) is 18.1 Å². The number of nitrogens with one attached hydrogen (secondary N) is 1. The molecule has 1 amide bonds. The molecule has 27 heavy (non-hydrogen) atoms. The van der Waals surface area contributed by atoms with Crippen molar-refractivity contribution in [2.75, 3.05) is 18.9 Å². The second-order valence-electron chi connectivity index (χ2n) is 6.58. The molecule has 0 radical (unpaired) electrons. The highest BCUT2D eigenvalue weighted by Crippen LogP contribution is 2.18. The van der Waals surface area contributed by atoms with E-state index in [1.807, 2.05) is 24.3 Å². The van der Waals surface area contributed by atoms with Crippen LogP contribution >= 0.6 is 15.9 Å². The van der Waals surface area contributed by atoms with Gasteiger partial charge in [0.05, 0.1) is 12.3 Å². The predicted octanol–water partition coefficient (Wildman–Crippen LogP) is 3.68. The first-order chi connectivity index (χ1) is 12.7. The summed E-state index contributed by atoms with van der Waals surface area (Å²) in [6.07, 6.45) is 0. The standard InChI is InChI=1S/C20H24BrNO4S/c1-15(2)17-5-9-19(10-6-17)26-12-11-22-20(23)14-27(24,25)13-16-3-7-18(21)8-4-16/h3-10,15H,11-14H2,1-2H3,(H,22,23). The van der Waals surface area contributed by atoms with Gasteiger partial charge in [-0.05, 0) is 41.3 Å². The van der Waals surface area contributed by atoms with E-state index in [4.69, 9.17) is 4.74 Å². The highest BCUT2D eigenvalue weighted by Gasteiger charge is 2.17. The number of sulfone groups is 1. The fraction of sp³-hybridized carbons (Fsp3) is 0.350. The summed E-state index contributed by atoms with van der Waals surface area (Å²) < 4.78 is 30.7. The van der Waals surface area contributed by atoms with Gasteiger partial charge in [0, 0.05) is 4.47 Å². The smallest absolute Gasteiger partial charge is 0.235 e. The molecule has 0 spiro atoms. The van der Waals surface area contributed by atoms with Crippen molar-refractivity contribution in [1.29, 1.82) is 0 Å². The zero-order valence-corrected chi connectivity index (χ0v) is 17.8. The minimum Gasteiger partial charge on any atom is -0.492 e. The summed E-state index contributed by atoms with van der Waals surface area (Å²) >= 11 is 3.30. The predicted molar refractivity (Wildman–Crippen MR) is 111 cm³/mol. The van der Waals surface area contributed by atoms with Crippen molar-refractivity contribution >= 4 is 31.7 Å². The zero-order valence-electron chi connectivity index (χ0n) is 15.4. The van der Waals surface area contributed by atoms with Crippen LogP contribution < -0.4 is 10.1 Å². The van der Waals surface area contributed by atoms with E-state index in [1.165, 1.54) is 5.56 Å². The maximum Gasteiger partial charge on any atom is 0.235 e. The number of hydrogen-bond donors (Lipinski definition) is 1. The van der Waals surface area contributed by atoms with E-state index in [2.05, 4.69) is 35.1 Å². The Bertz CT molecular complexity index is 847. The molecule has 0 aromatic heterocycles. The van der Waals surface area contributed by atoms with Gasteiger partial charge in [-0.3, -0.25) is 4.79 Å². The minimum absolute atomic E-state index is 0.160. The van der Waals surface area contributed by atoms with Crippen LogP contribution in [0.15, 0.2) is 53.0 Å². The lowest BCUT2D eigenvalue weighted by Crippen LogP contribution is -2.33. The van der Waals surface area contributed by atoms with Crippen LogP contribution in [0.5, 0.6) is 5.75 Å². The molecule has 2 rings (SSSR count). The van der Waals surface area contributed by atoms with Gasteiger partial charge in [0.2, 0.25) is 5.91 Å². The van der Waals surface area contributed by atoms with Gasteiger partial charge in [0.15, 0.2) is 9.84 Å². The molecular formula is C20H24BrNO4S. The molecule has 2 aromatic rings. The lowest BCUT2D eigenvalue weighted by atomic mass is 10.0. The second-order valence-corrected chi connectivity index (χ2v) is 9.56. The molecule has 0 bridgehead atoms. The molecule has 0 aliphatic heterocycles. The zero-order chi connectivity index (χ0) is 19.9. The lowest BCUT2D eigenvalue weighted by molar-refractivity contribution is -0.118. The van der Waals surface area contributed by atoms with Gasteiger partial charge in [-0.2, -0.15) is 0 Å². The Hall–Kier alpha value is -1.86. The number of carbonyl (C=O) groups is 1. The third-order valence-corrected chi connectivity index (χ3v) is 5.89. The lowest BCUT2D eigenvalue weighted by Gasteiger charge is -2.10. The van der Waals surface area contributed by atoms with Crippen LogP contribution in [0.25, 0.3) is 0 Å². The van der Waals surface area contributed by atoms with Crippen LogP contribution in [0.3, 0.4) is 0 Å². The van der Waals surface area contributed by atoms with E-state index in [-0.39, 0.29) is 18.9 Å². The summed E-state index contributed by atoms with van der Waals surface area (Å²) in [6.45, 7) is 4.77. The Morgan fingerprint density at radius 2 is 1.70 bits per heavy atom. The fourth-order valence-electron chi connectivity index (χ4n) is 2.44. The van der Waals surface area contributed by atoms with Crippen LogP contribution in [-0.2, 0) is 20.4 Å². The maximum absolute atomic E-state index is 12.1. The minimum atomic E-state index is -3.52. The molecule has 0 saturated heterocycles. The van der Waals surface area contributed by atoms with Crippen molar-refractivity contribution in [3.05, 3.63) is 64.1 Å². The molecule has 0 aliphatic carbocycles. The van der Waals surface area contributed by atoms with Gasteiger partial charge >= 0.3 is 0 Å². The molecule has 5 nitrogen and oxygen atoms in total. The van der Waals surface area contributed by atoms with Crippen molar-refractivity contribution in [3.8, 4) is 5.75 Å². The van der Waals surface area contributed by atoms with Crippen LogP contribution in [-0.4, -0.2) is 33.2 Å². The average molecular weight is 454 g/mol. The number of halogens is 1. The maximum atomic E-state index is 12.1. The molecule has 0 saturated carbocycles. The van der Waals surface area contributed by atoms with Crippen LogP contribution in [0.1, 0.15) is 30.9 Å². The first kappa shape index (κ1) is 21.4. The summed E-state index contributed by atoms with van der Waals surface area (Å²) in [6, 6.07) is 14.8. The highest BCUT2D eigenvalue weighted by atomic mass is 79.9. The second kappa shape index (κ2) is 9.90. The molecule has 1 N–H and O–H groups in total. The Morgan fingerprint density at radius 3 is 2.30 bits per heavy atom. The van der Waals surface area contributed by atoms with E-state index < -0.39 is 21.5 Å². The highest BCUT2D eigenvalue weighted by molar-refractivity contribution is 9.10. The summed E-state index contributed by atoms with van der Waals surface area (Å²) in [7, 11) is -3.52. The van der Waals surface area contributed by atoms with E-state index >= 15 is 0 Å². The molecular weight excluding hydrogens is 430 g/mol. The van der Waals surface area contributed by atoms with E-state index in [1.54, 1.807) is 24.3 Å². The SMILES string of the molecule is CC(C)c1ccc(OCCNC(=O)CS(=O)(=O)Cc2ccc(Br)cc2)cc1. The summed E-state index contributed by atoms with van der Waals surface area (Å²) in [5.41, 5.74) is 1.88. The number of amides is 1. The summed E-state index contributed by atoms with van der Waals surface area (Å²) in [5, 5.41) is 2.58. The molecule has 2 aromatic carbocycles. The van der Waals surface area contributed by atoms with E-state index in [0.29, 0.717) is 11.5 Å². The van der Waals surface area contributed by atoms with Crippen LogP contribution in [0, 0.1) is 0 Å². The van der Waals surface area contributed by atoms with Crippen molar-refractivity contribution in [1.82, 2.24) is 5.32 Å². The third kappa shape index (κ3) is 7.72. The van der Waals surface area contributed by atoms with Crippen LogP contribution in [0.4, 0.5) is 0 Å². The molecule has 0 fully saturated rings. The number of hydrogen-bond acceptors (Lipinski definition) is 4. The largest absolute Gasteiger partial charge is 0.492 e. The summed E-state index contributed by atoms with van der Waals surface area (Å²) in [5.74, 6) is -0.0430. The van der Waals surface area contributed by atoms with Crippen LogP contribution in [0.2, 0.25) is 0 Å². The van der Waals surface area contributed by atoms with E-state index in [0.717, 1.165) is 10.2 Å². The number of carbonyl (C=O) groups excluding carboxylic acids is 1. The Morgan fingerprint density at radius 1 is 1.07 bits per heavy atom. The van der Waals surface area contributed by atoms with Crippen molar-refractivity contribution in [3.63, 3.8) is 0 Å². The first-order valence-electron chi connectivity index (χ1n) is 8.69. The quantitative estimate of drug-likeness (QED) is 0.587. The molecule has 0 unspecified atom stereocenters. The molecule has 7 heteroatoms. The van der Waals surface area contributed by atoms with Gasteiger partial charge in [-0.15, -0.1) is 0 Å². The first-order valence-corrected chi connectivity index (χ1v) is 11.3. The fourth-order valence-corrected chi connectivity index (χ4v) is 4.01. The molecule has 0 atom stereocenters. The Balaban J connectivity index is 1.72. The van der Waals surface area contributed by atoms with Gasteiger partial charge < -0.3 is 10.1 Å². The third-order valence-electron chi connectivity index (χ3n) is 3.89. The number of benzene rings is 2. The Kier molecular flexibility index (Phi) is 7.86. The van der Waals surface area contributed by atoms with Crippen molar-refractivity contribution in [2.24, 2.45) is 0 Å². The van der Waals surface area contributed by atoms with E-state index in [9.17, 15) is 13.2 Å². The van der Waals surface area contributed by atoms with Crippen molar-refractivity contribution in [2.45, 2.75) is 25.5 Å². The normalized spacial score (nSPS) is 11.4. The molecule has 0 aliphatic rings. The average Bonchev–Trinajstić information content (AvgIpc) is 2.60. The van der Waals surface area contributed by atoms with Crippen molar-refractivity contribution < 1.29 is 17.9 Å². The molecule has 0 heterocycles. The van der Waals surface area contributed by atoms with Gasteiger partial charge in [-0.25, -0.2) is 8.42 Å². The monoisotopic (exact) mass is 453 g/mol. The van der Waals surface area contributed by atoms with Gasteiger partial charge in [0.25, 0.3) is 0 Å². The molecule has 146 valence electrons. The topological polar surface area (TPSA) is 72.5 Å². The number of ether oxygens (including phenoxy) is 1. The number of rotatable bonds is 9. The Labute approximate surface area is 169 Å². The van der Waals surface area contributed by atoms with Gasteiger partial charge in [-0.1, -0.05) is 54.0 Å². The summed E-state index contributed by atoms with van der Waals surface area (Å²) in [4.78, 5) is 11.9.